The highest BCUT2D eigenvalue weighted by atomic mass is 16.6. The minimum absolute atomic E-state index is 0.0199. The monoisotopic (exact) mass is 277 g/mol. The maximum atomic E-state index is 10.8. The summed E-state index contributed by atoms with van der Waals surface area (Å²) in [4.78, 5) is 23.1. The molecule has 0 radical (unpaired) electrons. The molecule has 0 aliphatic carbocycles. The lowest BCUT2D eigenvalue weighted by Crippen LogP contribution is -2.24. The molecule has 1 aliphatic rings. The highest BCUT2D eigenvalue weighted by Crippen LogP contribution is 2.27. The topological polar surface area (TPSA) is 114 Å². The second-order valence-corrected chi connectivity index (χ2v) is 4.43. The van der Waals surface area contributed by atoms with Crippen LogP contribution in [0.3, 0.4) is 0 Å². The quantitative estimate of drug-likeness (QED) is 0.489. The Kier molecular flexibility index (Phi) is 4.14. The van der Waals surface area contributed by atoms with Crippen molar-refractivity contribution < 1.29 is 9.72 Å². The van der Waals surface area contributed by atoms with Crippen LogP contribution in [0.15, 0.2) is 23.3 Å². The van der Waals surface area contributed by atoms with Crippen molar-refractivity contribution in [2.75, 3.05) is 18.0 Å². The first kappa shape index (κ1) is 13.8. The summed E-state index contributed by atoms with van der Waals surface area (Å²) in [5.41, 5.74) is 8.42. The van der Waals surface area contributed by atoms with Crippen LogP contribution in [0, 0.1) is 10.1 Å². The molecule has 1 fully saturated rings. The van der Waals surface area contributed by atoms with Gasteiger partial charge in [-0.25, -0.2) is 10.2 Å². The molecular formula is C12H15N5O3. The Morgan fingerprint density at radius 1 is 1.45 bits per heavy atom. The number of nitro groups is 1. The second kappa shape index (κ2) is 6.00. The third-order valence-electron chi connectivity index (χ3n) is 3.05. The number of carbonyl (C=O) groups excluding carboxylic acids is 1. The van der Waals surface area contributed by atoms with Crippen molar-refractivity contribution in [3.05, 3.63) is 33.9 Å². The Bertz CT molecular complexity index is 552. The summed E-state index contributed by atoms with van der Waals surface area (Å²) in [7, 11) is 0. The van der Waals surface area contributed by atoms with Crippen molar-refractivity contribution in [3.63, 3.8) is 0 Å². The van der Waals surface area contributed by atoms with E-state index in [9.17, 15) is 14.9 Å². The van der Waals surface area contributed by atoms with Crippen LogP contribution in [-0.4, -0.2) is 30.3 Å². The van der Waals surface area contributed by atoms with Crippen molar-refractivity contribution in [1.82, 2.24) is 5.43 Å². The number of hydrazone groups is 1. The number of anilines is 1. The zero-order chi connectivity index (χ0) is 14.5. The fourth-order valence-electron chi connectivity index (χ4n) is 2.17. The van der Waals surface area contributed by atoms with Gasteiger partial charge >= 0.3 is 6.03 Å². The second-order valence-electron chi connectivity index (χ2n) is 4.43. The first-order chi connectivity index (χ1) is 9.58. The molecule has 0 bridgehead atoms. The Hall–Kier alpha value is -2.64. The first-order valence-electron chi connectivity index (χ1n) is 6.20. The van der Waals surface area contributed by atoms with Gasteiger partial charge in [-0.3, -0.25) is 10.1 Å². The highest BCUT2D eigenvalue weighted by molar-refractivity contribution is 5.90. The predicted octanol–water partition coefficient (Wildman–Crippen LogP) is 1.20. The van der Waals surface area contributed by atoms with Gasteiger partial charge in [0, 0.05) is 36.5 Å². The van der Waals surface area contributed by atoms with Crippen molar-refractivity contribution in [1.29, 1.82) is 0 Å². The largest absolute Gasteiger partial charge is 0.371 e. The average molecular weight is 277 g/mol. The maximum Gasteiger partial charge on any atom is 0.332 e. The fourth-order valence-corrected chi connectivity index (χ4v) is 2.17. The summed E-state index contributed by atoms with van der Waals surface area (Å²) in [6.07, 6.45) is 3.55. The Morgan fingerprint density at radius 2 is 2.15 bits per heavy atom. The fraction of sp³-hybridized carbons (Fsp3) is 0.333. The third kappa shape index (κ3) is 3.22. The molecule has 8 heteroatoms. The minimum Gasteiger partial charge on any atom is -0.371 e. The summed E-state index contributed by atoms with van der Waals surface area (Å²) >= 11 is 0. The minimum atomic E-state index is -0.783. The van der Waals surface area contributed by atoms with E-state index in [-0.39, 0.29) is 5.69 Å². The van der Waals surface area contributed by atoms with Gasteiger partial charge in [0.25, 0.3) is 5.69 Å². The van der Waals surface area contributed by atoms with Gasteiger partial charge in [0.15, 0.2) is 0 Å². The Balaban J connectivity index is 2.31. The molecule has 106 valence electrons. The highest BCUT2D eigenvalue weighted by Gasteiger charge is 2.17. The molecule has 1 heterocycles. The maximum absolute atomic E-state index is 10.8. The SMILES string of the molecule is NC(=O)NN=Cc1cc([N+](=O)[O-])ccc1N1CCCC1. The van der Waals surface area contributed by atoms with E-state index in [0.717, 1.165) is 31.6 Å². The molecule has 1 aromatic rings. The van der Waals surface area contributed by atoms with E-state index >= 15 is 0 Å². The standard InChI is InChI=1S/C12H15N5O3/c13-12(18)15-14-8-9-7-10(17(19)20)3-4-11(9)16-5-1-2-6-16/h3-4,7-8H,1-2,5-6H2,(H3,13,15,18). The van der Waals surface area contributed by atoms with Crippen LogP contribution in [0.2, 0.25) is 0 Å². The van der Waals surface area contributed by atoms with E-state index in [1.165, 1.54) is 18.3 Å². The van der Waals surface area contributed by atoms with Crippen molar-refractivity contribution in [2.45, 2.75) is 12.8 Å². The summed E-state index contributed by atoms with van der Waals surface area (Å²) < 4.78 is 0. The summed E-state index contributed by atoms with van der Waals surface area (Å²) in [5.74, 6) is 0. The molecule has 20 heavy (non-hydrogen) atoms. The molecule has 2 rings (SSSR count). The number of urea groups is 1. The number of nitrogens with one attached hydrogen (secondary N) is 1. The first-order valence-corrected chi connectivity index (χ1v) is 6.20. The van der Waals surface area contributed by atoms with Gasteiger partial charge in [0.05, 0.1) is 11.1 Å². The lowest BCUT2D eigenvalue weighted by molar-refractivity contribution is -0.384. The molecular weight excluding hydrogens is 262 g/mol. The number of rotatable bonds is 4. The molecule has 3 N–H and O–H groups in total. The molecule has 0 unspecified atom stereocenters. The van der Waals surface area contributed by atoms with E-state index in [1.807, 2.05) is 0 Å². The lowest BCUT2D eigenvalue weighted by Gasteiger charge is -2.19. The van der Waals surface area contributed by atoms with Crippen LogP contribution in [0.25, 0.3) is 0 Å². The average Bonchev–Trinajstić information content (AvgIpc) is 2.91. The van der Waals surface area contributed by atoms with E-state index < -0.39 is 11.0 Å². The third-order valence-corrected chi connectivity index (χ3v) is 3.05. The number of benzene rings is 1. The van der Waals surface area contributed by atoms with Crippen molar-refractivity contribution in [3.8, 4) is 0 Å². The van der Waals surface area contributed by atoms with Gasteiger partial charge in [-0.05, 0) is 18.9 Å². The van der Waals surface area contributed by atoms with Crippen LogP contribution < -0.4 is 16.1 Å². The molecule has 0 spiro atoms. The molecule has 0 saturated carbocycles. The number of non-ortho nitro benzene ring substituents is 1. The van der Waals surface area contributed by atoms with Gasteiger partial charge in [0.2, 0.25) is 0 Å². The summed E-state index contributed by atoms with van der Waals surface area (Å²) in [6, 6.07) is 3.82. The van der Waals surface area contributed by atoms with Crippen LogP contribution in [0.4, 0.5) is 16.2 Å². The zero-order valence-corrected chi connectivity index (χ0v) is 10.8. The van der Waals surface area contributed by atoms with Gasteiger partial charge in [-0.15, -0.1) is 0 Å². The van der Waals surface area contributed by atoms with Gasteiger partial charge in [-0.1, -0.05) is 0 Å². The van der Waals surface area contributed by atoms with E-state index in [0.29, 0.717) is 5.56 Å². The van der Waals surface area contributed by atoms with E-state index in [1.54, 1.807) is 6.07 Å². The van der Waals surface area contributed by atoms with Crippen LogP contribution in [-0.2, 0) is 0 Å². The van der Waals surface area contributed by atoms with Crippen LogP contribution in [0.1, 0.15) is 18.4 Å². The number of nitrogens with two attached hydrogens (primary N) is 1. The van der Waals surface area contributed by atoms with E-state index in [4.69, 9.17) is 5.73 Å². The lowest BCUT2D eigenvalue weighted by atomic mass is 10.1. The normalized spacial score (nSPS) is 14.7. The van der Waals surface area contributed by atoms with E-state index in [2.05, 4.69) is 15.4 Å². The smallest absolute Gasteiger partial charge is 0.332 e. The number of nitrogens with zero attached hydrogens (tertiary/aromatic N) is 3. The van der Waals surface area contributed by atoms with Crippen molar-refractivity contribution in [2.24, 2.45) is 10.8 Å². The van der Waals surface area contributed by atoms with Gasteiger partial charge in [0.1, 0.15) is 0 Å². The predicted molar refractivity (Wildman–Crippen MR) is 74.9 cm³/mol. The molecule has 1 aliphatic heterocycles. The molecule has 0 aromatic heterocycles. The molecule has 1 saturated heterocycles. The Morgan fingerprint density at radius 3 is 2.75 bits per heavy atom. The van der Waals surface area contributed by atoms with Crippen molar-refractivity contribution >= 4 is 23.6 Å². The van der Waals surface area contributed by atoms with Gasteiger partial charge in [-0.2, -0.15) is 5.10 Å². The number of hydrogen-bond donors (Lipinski definition) is 2. The number of carbonyl (C=O) groups is 1. The molecule has 1 aromatic carbocycles. The summed E-state index contributed by atoms with van der Waals surface area (Å²) in [6.45, 7) is 1.81. The molecule has 0 atom stereocenters. The molecule has 8 nitrogen and oxygen atoms in total. The van der Waals surface area contributed by atoms with Gasteiger partial charge < -0.3 is 10.6 Å². The van der Waals surface area contributed by atoms with Crippen LogP contribution >= 0.6 is 0 Å². The number of nitro benzene ring substituents is 1. The number of primary amides is 1. The van der Waals surface area contributed by atoms with Crippen LogP contribution in [0.5, 0.6) is 0 Å². The molecule has 2 amide bonds. The number of amides is 2. The summed E-state index contributed by atoms with van der Waals surface area (Å²) in [5, 5.41) is 14.5. The number of hydrogen-bond acceptors (Lipinski definition) is 5. The zero-order valence-electron chi connectivity index (χ0n) is 10.8. The Labute approximate surface area is 115 Å².